The number of rotatable bonds is 5. The van der Waals surface area contributed by atoms with Gasteiger partial charge in [-0.05, 0) is 23.3 Å². The minimum atomic E-state index is -0.266. The Morgan fingerprint density at radius 1 is 1.04 bits per heavy atom. The molecule has 0 spiro atoms. The number of morpholine rings is 1. The van der Waals surface area contributed by atoms with Gasteiger partial charge in [0.1, 0.15) is 13.2 Å². The van der Waals surface area contributed by atoms with Crippen LogP contribution >= 0.6 is 0 Å². The van der Waals surface area contributed by atoms with Crippen molar-refractivity contribution in [1.29, 1.82) is 0 Å². The molecule has 1 fully saturated rings. The number of carbonyl (C=O) groups excluding carboxylic acids is 2. The first-order valence-electron chi connectivity index (χ1n) is 7.78. The van der Waals surface area contributed by atoms with Crippen LogP contribution in [-0.2, 0) is 14.3 Å². The standard InChI is InChI=1S/C18H19N3O3/c22-17(12-21-10-11-24-13-18(21)23)20-19-16-8-6-15(7-9-16)14-4-2-1-3-5-14/h1-9,19H,10-13H2,(H,20,22). The Labute approximate surface area is 140 Å². The van der Waals surface area contributed by atoms with Crippen LogP contribution in [0.3, 0.4) is 0 Å². The average molecular weight is 325 g/mol. The number of anilines is 1. The van der Waals surface area contributed by atoms with Crippen molar-refractivity contribution in [1.82, 2.24) is 10.3 Å². The zero-order valence-electron chi connectivity index (χ0n) is 13.2. The molecule has 124 valence electrons. The van der Waals surface area contributed by atoms with Crippen molar-refractivity contribution in [3.05, 3.63) is 54.6 Å². The second-order valence-corrected chi connectivity index (χ2v) is 5.48. The van der Waals surface area contributed by atoms with Crippen LogP contribution in [0.2, 0.25) is 0 Å². The molecular formula is C18H19N3O3. The van der Waals surface area contributed by atoms with Gasteiger partial charge in [0.15, 0.2) is 0 Å². The summed E-state index contributed by atoms with van der Waals surface area (Å²) in [6, 6.07) is 17.8. The Balaban J connectivity index is 1.51. The van der Waals surface area contributed by atoms with E-state index in [-0.39, 0.29) is 25.0 Å². The second-order valence-electron chi connectivity index (χ2n) is 5.48. The fraction of sp³-hybridized carbons (Fsp3) is 0.222. The minimum absolute atomic E-state index is 0.0251. The summed E-state index contributed by atoms with van der Waals surface area (Å²) in [6.45, 7) is 0.977. The first kappa shape index (κ1) is 16.0. The van der Waals surface area contributed by atoms with Crippen molar-refractivity contribution in [3.63, 3.8) is 0 Å². The van der Waals surface area contributed by atoms with Gasteiger partial charge in [-0.2, -0.15) is 0 Å². The van der Waals surface area contributed by atoms with Crippen LogP contribution < -0.4 is 10.9 Å². The van der Waals surface area contributed by atoms with Crippen LogP contribution in [0.4, 0.5) is 5.69 Å². The molecule has 3 rings (SSSR count). The Morgan fingerprint density at radius 3 is 2.46 bits per heavy atom. The van der Waals surface area contributed by atoms with Gasteiger partial charge in [-0.1, -0.05) is 42.5 Å². The molecule has 2 aromatic carbocycles. The Bertz CT molecular complexity index is 701. The van der Waals surface area contributed by atoms with Crippen molar-refractivity contribution >= 4 is 17.5 Å². The van der Waals surface area contributed by atoms with Crippen LogP contribution in [0.5, 0.6) is 0 Å². The summed E-state index contributed by atoms with van der Waals surface area (Å²) in [5.74, 6) is -0.430. The fourth-order valence-electron chi connectivity index (χ4n) is 2.45. The third-order valence-corrected chi connectivity index (χ3v) is 3.76. The third-order valence-electron chi connectivity index (χ3n) is 3.76. The van der Waals surface area contributed by atoms with E-state index in [9.17, 15) is 9.59 Å². The van der Waals surface area contributed by atoms with Crippen LogP contribution in [0, 0.1) is 0 Å². The first-order valence-corrected chi connectivity index (χ1v) is 7.78. The smallest absolute Gasteiger partial charge is 0.257 e. The van der Waals surface area contributed by atoms with Crippen molar-refractivity contribution in [2.24, 2.45) is 0 Å². The van der Waals surface area contributed by atoms with E-state index in [1.54, 1.807) is 0 Å². The van der Waals surface area contributed by atoms with Gasteiger partial charge in [0.05, 0.1) is 12.3 Å². The largest absolute Gasteiger partial charge is 0.370 e. The topological polar surface area (TPSA) is 70.7 Å². The van der Waals surface area contributed by atoms with E-state index in [1.165, 1.54) is 4.90 Å². The van der Waals surface area contributed by atoms with Gasteiger partial charge in [-0.15, -0.1) is 0 Å². The number of carbonyl (C=O) groups is 2. The molecule has 0 saturated carbocycles. The SMILES string of the molecule is O=C(CN1CCOCC1=O)NNc1ccc(-c2ccccc2)cc1. The maximum Gasteiger partial charge on any atom is 0.257 e. The molecule has 0 radical (unpaired) electrons. The maximum atomic E-state index is 11.9. The number of nitrogens with zero attached hydrogens (tertiary/aromatic N) is 1. The molecule has 2 N–H and O–H groups in total. The van der Waals surface area contributed by atoms with Gasteiger partial charge in [0, 0.05) is 6.54 Å². The highest BCUT2D eigenvalue weighted by Crippen LogP contribution is 2.20. The summed E-state index contributed by atoms with van der Waals surface area (Å²) >= 11 is 0. The van der Waals surface area contributed by atoms with E-state index in [2.05, 4.69) is 10.9 Å². The molecule has 6 heteroatoms. The molecule has 2 amide bonds. The van der Waals surface area contributed by atoms with Crippen molar-refractivity contribution < 1.29 is 14.3 Å². The lowest BCUT2D eigenvalue weighted by atomic mass is 10.1. The maximum absolute atomic E-state index is 11.9. The number of hydrogen-bond acceptors (Lipinski definition) is 4. The van der Waals surface area contributed by atoms with Crippen molar-refractivity contribution in [2.75, 3.05) is 31.7 Å². The summed E-state index contributed by atoms with van der Waals surface area (Å²) in [6.07, 6.45) is 0. The second kappa shape index (κ2) is 7.61. The predicted molar refractivity (Wildman–Crippen MR) is 91.0 cm³/mol. The summed E-state index contributed by atoms with van der Waals surface area (Å²) in [4.78, 5) is 25.0. The number of benzene rings is 2. The third kappa shape index (κ3) is 4.11. The van der Waals surface area contributed by atoms with Gasteiger partial charge in [0.2, 0.25) is 5.91 Å². The van der Waals surface area contributed by atoms with E-state index in [4.69, 9.17) is 4.74 Å². The fourth-order valence-corrected chi connectivity index (χ4v) is 2.45. The van der Waals surface area contributed by atoms with Crippen molar-refractivity contribution in [3.8, 4) is 11.1 Å². The molecule has 0 atom stereocenters. The van der Waals surface area contributed by atoms with Gasteiger partial charge in [0.25, 0.3) is 5.91 Å². The highest BCUT2D eigenvalue weighted by molar-refractivity contribution is 5.86. The minimum Gasteiger partial charge on any atom is -0.370 e. The van der Waals surface area contributed by atoms with Crippen LogP contribution in [-0.4, -0.2) is 43.0 Å². The predicted octanol–water partition coefficient (Wildman–Crippen LogP) is 1.66. The van der Waals surface area contributed by atoms with Crippen LogP contribution in [0.25, 0.3) is 11.1 Å². The number of amides is 2. The number of nitrogens with one attached hydrogen (secondary N) is 2. The molecule has 1 heterocycles. The first-order chi connectivity index (χ1) is 11.7. The molecule has 24 heavy (non-hydrogen) atoms. The molecule has 1 saturated heterocycles. The summed E-state index contributed by atoms with van der Waals surface area (Å²) in [5.41, 5.74) is 8.48. The van der Waals surface area contributed by atoms with Gasteiger partial charge < -0.3 is 9.64 Å². The summed E-state index contributed by atoms with van der Waals surface area (Å²) in [7, 11) is 0. The summed E-state index contributed by atoms with van der Waals surface area (Å²) < 4.78 is 5.03. The van der Waals surface area contributed by atoms with E-state index < -0.39 is 0 Å². The highest BCUT2D eigenvalue weighted by atomic mass is 16.5. The Kier molecular flexibility index (Phi) is 5.08. The molecule has 1 aliphatic rings. The zero-order chi connectivity index (χ0) is 16.8. The van der Waals surface area contributed by atoms with Gasteiger partial charge >= 0.3 is 0 Å². The lowest BCUT2D eigenvalue weighted by Crippen LogP contribution is -2.47. The normalized spacial score (nSPS) is 14.3. The lowest BCUT2D eigenvalue weighted by molar-refractivity contribution is -0.145. The molecule has 0 aliphatic carbocycles. The molecule has 1 aliphatic heterocycles. The molecule has 6 nitrogen and oxygen atoms in total. The van der Waals surface area contributed by atoms with Gasteiger partial charge in [-0.25, -0.2) is 0 Å². The van der Waals surface area contributed by atoms with E-state index in [0.29, 0.717) is 13.2 Å². The number of hydrazine groups is 1. The monoisotopic (exact) mass is 325 g/mol. The molecule has 2 aromatic rings. The Morgan fingerprint density at radius 2 is 1.75 bits per heavy atom. The molecule has 0 bridgehead atoms. The molecule has 0 unspecified atom stereocenters. The number of ether oxygens (including phenoxy) is 1. The molecular weight excluding hydrogens is 306 g/mol. The van der Waals surface area contributed by atoms with E-state index in [0.717, 1.165) is 16.8 Å². The molecule has 0 aromatic heterocycles. The van der Waals surface area contributed by atoms with Crippen LogP contribution in [0.1, 0.15) is 0 Å². The van der Waals surface area contributed by atoms with Crippen LogP contribution in [0.15, 0.2) is 54.6 Å². The zero-order valence-corrected chi connectivity index (χ0v) is 13.2. The highest BCUT2D eigenvalue weighted by Gasteiger charge is 2.20. The summed E-state index contributed by atoms with van der Waals surface area (Å²) in [5, 5.41) is 0. The van der Waals surface area contributed by atoms with E-state index >= 15 is 0 Å². The van der Waals surface area contributed by atoms with Gasteiger partial charge in [-0.3, -0.25) is 20.4 Å². The number of hydrogen-bond donors (Lipinski definition) is 2. The lowest BCUT2D eigenvalue weighted by Gasteiger charge is -2.26. The average Bonchev–Trinajstić information content (AvgIpc) is 2.63. The quantitative estimate of drug-likeness (QED) is 0.820. The van der Waals surface area contributed by atoms with Crippen molar-refractivity contribution in [2.45, 2.75) is 0 Å². The Hall–Kier alpha value is -2.86. The van der Waals surface area contributed by atoms with E-state index in [1.807, 2.05) is 54.6 Å².